The number of benzene rings is 1. The van der Waals surface area contributed by atoms with E-state index in [1.807, 2.05) is 13.8 Å². The van der Waals surface area contributed by atoms with Gasteiger partial charge in [0.2, 0.25) is 0 Å². The van der Waals surface area contributed by atoms with Crippen LogP contribution in [0.5, 0.6) is 5.75 Å². The maximum atomic E-state index is 11.4. The number of aryl methyl sites for hydroxylation is 2. The molecule has 1 rings (SSSR count). The number of rotatable bonds is 4. The van der Waals surface area contributed by atoms with Gasteiger partial charge in [-0.2, -0.15) is 0 Å². The number of likely N-dealkylation sites (N-methyl/N-ethyl adjacent to an activating group) is 1. The summed E-state index contributed by atoms with van der Waals surface area (Å²) in [6.45, 7) is 5.39. The normalized spacial score (nSPS) is 11.8. The lowest BCUT2D eigenvalue weighted by atomic mass is 10.1. The van der Waals surface area contributed by atoms with Crippen LogP contribution in [0.15, 0.2) is 12.1 Å². The number of ether oxygens (including phenoxy) is 1. The Morgan fingerprint density at radius 3 is 2.29 bits per heavy atom. The summed E-state index contributed by atoms with van der Waals surface area (Å²) in [5.74, 6) is 0.481. The maximum Gasteiger partial charge on any atom is 0.260 e. The van der Waals surface area contributed by atoms with Gasteiger partial charge in [-0.15, -0.1) is 0 Å². The van der Waals surface area contributed by atoms with E-state index in [0.717, 1.165) is 17.4 Å². The zero-order valence-corrected chi connectivity index (χ0v) is 10.5. The standard InChI is InChI=1S/C13H17NO3/c1-8-5-11(7-15)6-9(2)12(8)17-10(3)13(16)14-4/h5-7,10H,1-4H3,(H,14,16). The fourth-order valence-corrected chi connectivity index (χ4v) is 1.67. The van der Waals surface area contributed by atoms with Crippen molar-refractivity contribution in [3.8, 4) is 5.75 Å². The molecule has 0 bridgehead atoms. The second-order valence-electron chi connectivity index (χ2n) is 3.98. The van der Waals surface area contributed by atoms with Gasteiger partial charge in [-0.3, -0.25) is 9.59 Å². The van der Waals surface area contributed by atoms with Crippen LogP contribution in [-0.4, -0.2) is 25.3 Å². The number of carbonyl (C=O) groups is 2. The SMILES string of the molecule is CNC(=O)C(C)Oc1c(C)cc(C=O)cc1C. The Labute approximate surface area is 101 Å². The van der Waals surface area contributed by atoms with Crippen LogP contribution >= 0.6 is 0 Å². The summed E-state index contributed by atoms with van der Waals surface area (Å²) in [6, 6.07) is 3.48. The molecule has 1 amide bonds. The average Bonchev–Trinajstić information content (AvgIpc) is 2.31. The molecule has 0 aromatic heterocycles. The van der Waals surface area contributed by atoms with Crippen molar-refractivity contribution < 1.29 is 14.3 Å². The summed E-state index contributed by atoms with van der Waals surface area (Å²) in [5, 5.41) is 2.53. The molecule has 17 heavy (non-hydrogen) atoms. The molecular formula is C13H17NO3. The van der Waals surface area contributed by atoms with Crippen LogP contribution in [-0.2, 0) is 4.79 Å². The van der Waals surface area contributed by atoms with E-state index in [4.69, 9.17) is 4.74 Å². The molecule has 0 radical (unpaired) electrons. The van der Waals surface area contributed by atoms with Crippen LogP contribution in [0, 0.1) is 13.8 Å². The lowest BCUT2D eigenvalue weighted by molar-refractivity contribution is -0.126. The first-order valence-electron chi connectivity index (χ1n) is 5.44. The van der Waals surface area contributed by atoms with Crippen LogP contribution < -0.4 is 10.1 Å². The van der Waals surface area contributed by atoms with Crippen molar-refractivity contribution in [2.75, 3.05) is 7.05 Å². The third-order valence-electron chi connectivity index (χ3n) is 2.53. The largest absolute Gasteiger partial charge is 0.480 e. The Hall–Kier alpha value is -1.84. The smallest absolute Gasteiger partial charge is 0.260 e. The van der Waals surface area contributed by atoms with E-state index < -0.39 is 6.10 Å². The van der Waals surface area contributed by atoms with Crippen LogP contribution in [0.4, 0.5) is 0 Å². The lowest BCUT2D eigenvalue weighted by Crippen LogP contribution is -2.34. The number of carbonyl (C=O) groups excluding carboxylic acids is 2. The summed E-state index contributed by atoms with van der Waals surface area (Å²) in [7, 11) is 1.57. The van der Waals surface area contributed by atoms with Gasteiger partial charge in [0.25, 0.3) is 5.91 Å². The minimum Gasteiger partial charge on any atom is -0.480 e. The summed E-state index contributed by atoms with van der Waals surface area (Å²) < 4.78 is 5.60. The number of hydrogen-bond donors (Lipinski definition) is 1. The summed E-state index contributed by atoms with van der Waals surface area (Å²) in [6.07, 6.45) is 0.242. The van der Waals surface area contributed by atoms with Crippen molar-refractivity contribution in [1.82, 2.24) is 5.32 Å². The van der Waals surface area contributed by atoms with Crippen molar-refractivity contribution >= 4 is 12.2 Å². The number of amides is 1. The molecule has 4 nitrogen and oxygen atoms in total. The van der Waals surface area contributed by atoms with Gasteiger partial charge in [-0.05, 0) is 44.0 Å². The third kappa shape index (κ3) is 3.06. The van der Waals surface area contributed by atoms with E-state index in [-0.39, 0.29) is 5.91 Å². The zero-order chi connectivity index (χ0) is 13.0. The Morgan fingerprint density at radius 2 is 1.88 bits per heavy atom. The monoisotopic (exact) mass is 235 g/mol. The molecule has 92 valence electrons. The van der Waals surface area contributed by atoms with E-state index in [2.05, 4.69) is 5.32 Å². The Morgan fingerprint density at radius 1 is 1.35 bits per heavy atom. The molecule has 0 saturated carbocycles. The number of aldehydes is 1. The zero-order valence-electron chi connectivity index (χ0n) is 10.5. The van der Waals surface area contributed by atoms with Crippen LogP contribution in [0.25, 0.3) is 0 Å². The summed E-state index contributed by atoms with van der Waals surface area (Å²) >= 11 is 0. The first-order valence-corrected chi connectivity index (χ1v) is 5.44. The van der Waals surface area contributed by atoms with Crippen molar-refractivity contribution in [3.63, 3.8) is 0 Å². The minimum absolute atomic E-state index is 0.178. The van der Waals surface area contributed by atoms with E-state index in [1.165, 1.54) is 0 Å². The van der Waals surface area contributed by atoms with Crippen molar-refractivity contribution in [2.45, 2.75) is 26.9 Å². The minimum atomic E-state index is -0.556. The van der Waals surface area contributed by atoms with Crippen LogP contribution in [0.3, 0.4) is 0 Å². The highest BCUT2D eigenvalue weighted by atomic mass is 16.5. The van der Waals surface area contributed by atoms with Gasteiger partial charge >= 0.3 is 0 Å². The summed E-state index contributed by atoms with van der Waals surface area (Å²) in [5.41, 5.74) is 2.31. The topological polar surface area (TPSA) is 55.4 Å². The average molecular weight is 235 g/mol. The fraction of sp³-hybridized carbons (Fsp3) is 0.385. The molecule has 1 N–H and O–H groups in total. The van der Waals surface area contributed by atoms with Gasteiger partial charge in [0.05, 0.1) is 0 Å². The molecule has 0 heterocycles. The molecular weight excluding hydrogens is 218 g/mol. The van der Waals surface area contributed by atoms with Crippen LogP contribution in [0.1, 0.15) is 28.4 Å². The molecule has 1 unspecified atom stereocenters. The van der Waals surface area contributed by atoms with Crippen molar-refractivity contribution in [3.05, 3.63) is 28.8 Å². The second kappa shape index (κ2) is 5.48. The molecule has 0 fully saturated rings. The Kier molecular flexibility index (Phi) is 4.26. The molecule has 4 heteroatoms. The molecule has 0 aliphatic carbocycles. The molecule has 1 aromatic rings. The van der Waals surface area contributed by atoms with Crippen molar-refractivity contribution in [2.24, 2.45) is 0 Å². The third-order valence-corrected chi connectivity index (χ3v) is 2.53. The highest BCUT2D eigenvalue weighted by Crippen LogP contribution is 2.25. The predicted octanol–water partition coefficient (Wildman–Crippen LogP) is 1.63. The van der Waals surface area contributed by atoms with Gasteiger partial charge in [0.15, 0.2) is 6.10 Å². The quantitative estimate of drug-likeness (QED) is 0.807. The first kappa shape index (κ1) is 13.2. The van der Waals surface area contributed by atoms with E-state index in [0.29, 0.717) is 11.3 Å². The van der Waals surface area contributed by atoms with Gasteiger partial charge in [-0.1, -0.05) is 0 Å². The summed E-state index contributed by atoms with van der Waals surface area (Å²) in [4.78, 5) is 22.1. The molecule has 1 aromatic carbocycles. The Bertz CT molecular complexity index is 417. The molecule has 1 atom stereocenters. The second-order valence-corrected chi connectivity index (χ2v) is 3.98. The fourth-order valence-electron chi connectivity index (χ4n) is 1.67. The molecule has 0 aliphatic rings. The molecule has 0 saturated heterocycles. The van der Waals surface area contributed by atoms with E-state index in [1.54, 1.807) is 26.1 Å². The van der Waals surface area contributed by atoms with E-state index in [9.17, 15) is 9.59 Å². The highest BCUT2D eigenvalue weighted by molar-refractivity contribution is 5.80. The van der Waals surface area contributed by atoms with Gasteiger partial charge < -0.3 is 10.1 Å². The Balaban J connectivity index is 2.99. The lowest BCUT2D eigenvalue weighted by Gasteiger charge is -2.17. The highest BCUT2D eigenvalue weighted by Gasteiger charge is 2.15. The molecule has 0 spiro atoms. The molecule has 0 aliphatic heterocycles. The predicted molar refractivity (Wildman–Crippen MR) is 65.5 cm³/mol. The van der Waals surface area contributed by atoms with Gasteiger partial charge in [0.1, 0.15) is 12.0 Å². The maximum absolute atomic E-state index is 11.4. The van der Waals surface area contributed by atoms with E-state index >= 15 is 0 Å². The van der Waals surface area contributed by atoms with Gasteiger partial charge in [0, 0.05) is 12.6 Å². The van der Waals surface area contributed by atoms with Gasteiger partial charge in [-0.25, -0.2) is 0 Å². The number of nitrogens with one attached hydrogen (secondary N) is 1. The van der Waals surface area contributed by atoms with Crippen molar-refractivity contribution in [1.29, 1.82) is 0 Å². The first-order chi connectivity index (χ1) is 7.99. The van der Waals surface area contributed by atoms with Crippen LogP contribution in [0.2, 0.25) is 0 Å². The number of hydrogen-bond acceptors (Lipinski definition) is 3.